The summed E-state index contributed by atoms with van der Waals surface area (Å²) >= 11 is 0. The van der Waals surface area contributed by atoms with Crippen LogP contribution in [0.15, 0.2) is 10.7 Å². The second-order valence-electron chi connectivity index (χ2n) is 4.79. The molecule has 1 fully saturated rings. The lowest BCUT2D eigenvalue weighted by Crippen LogP contribution is -2.03. The highest BCUT2D eigenvalue weighted by Gasteiger charge is 2.39. The summed E-state index contributed by atoms with van der Waals surface area (Å²) in [6.07, 6.45) is 2.70. The van der Waals surface area contributed by atoms with Gasteiger partial charge in [-0.3, -0.25) is 0 Å². The van der Waals surface area contributed by atoms with Crippen molar-refractivity contribution < 1.29 is 9.26 Å². The Bertz CT molecular complexity index is 598. The zero-order chi connectivity index (χ0) is 13.4. The molecular formula is C12H15N5O2. The van der Waals surface area contributed by atoms with Gasteiger partial charge in [-0.1, -0.05) is 12.1 Å². The first-order valence-electron chi connectivity index (χ1n) is 6.13. The van der Waals surface area contributed by atoms with Gasteiger partial charge in [-0.2, -0.15) is 4.98 Å². The highest BCUT2D eigenvalue weighted by molar-refractivity contribution is 5.66. The number of ether oxygens (including phenoxy) is 1. The summed E-state index contributed by atoms with van der Waals surface area (Å²) in [6.45, 7) is 2.48. The van der Waals surface area contributed by atoms with Crippen molar-refractivity contribution in [2.45, 2.75) is 25.9 Å². The van der Waals surface area contributed by atoms with Gasteiger partial charge in [0.1, 0.15) is 12.4 Å². The van der Waals surface area contributed by atoms with E-state index in [1.54, 1.807) is 13.3 Å². The lowest BCUT2D eigenvalue weighted by molar-refractivity contribution is 0.178. The SMILES string of the molecule is COCc1ncc(-c2noc(C3CC3C)n2)c(N)n1. The summed E-state index contributed by atoms with van der Waals surface area (Å²) in [4.78, 5) is 12.7. The van der Waals surface area contributed by atoms with Crippen LogP contribution < -0.4 is 5.73 Å². The van der Waals surface area contributed by atoms with Crippen LogP contribution in [0.4, 0.5) is 5.82 Å². The van der Waals surface area contributed by atoms with Crippen LogP contribution in [0.3, 0.4) is 0 Å². The van der Waals surface area contributed by atoms with E-state index in [-0.39, 0.29) is 0 Å². The maximum absolute atomic E-state index is 5.88. The number of nitrogens with two attached hydrogens (primary N) is 1. The average molecular weight is 261 g/mol. The number of rotatable bonds is 4. The Morgan fingerprint density at radius 3 is 2.89 bits per heavy atom. The highest BCUT2D eigenvalue weighted by Crippen LogP contribution is 2.46. The van der Waals surface area contributed by atoms with Crippen LogP contribution in [0, 0.1) is 5.92 Å². The molecule has 3 rings (SSSR count). The number of hydrogen-bond donors (Lipinski definition) is 1. The van der Waals surface area contributed by atoms with E-state index in [2.05, 4.69) is 27.0 Å². The predicted molar refractivity (Wildman–Crippen MR) is 67.0 cm³/mol. The van der Waals surface area contributed by atoms with E-state index < -0.39 is 0 Å². The molecule has 2 aromatic rings. The van der Waals surface area contributed by atoms with Crippen molar-refractivity contribution in [2.24, 2.45) is 5.92 Å². The molecule has 0 aromatic carbocycles. The molecule has 2 atom stereocenters. The summed E-state index contributed by atoms with van der Waals surface area (Å²) in [5.41, 5.74) is 6.47. The van der Waals surface area contributed by atoms with Crippen molar-refractivity contribution in [3.8, 4) is 11.4 Å². The van der Waals surface area contributed by atoms with Gasteiger partial charge in [0.25, 0.3) is 0 Å². The molecule has 100 valence electrons. The molecule has 2 unspecified atom stereocenters. The van der Waals surface area contributed by atoms with Crippen LogP contribution in [0.1, 0.15) is 31.0 Å². The third-order valence-electron chi connectivity index (χ3n) is 3.25. The van der Waals surface area contributed by atoms with Crippen molar-refractivity contribution in [3.63, 3.8) is 0 Å². The lowest BCUT2D eigenvalue weighted by atomic mass is 10.3. The number of methoxy groups -OCH3 is 1. The molecule has 1 saturated carbocycles. The van der Waals surface area contributed by atoms with Crippen LogP contribution >= 0.6 is 0 Å². The zero-order valence-electron chi connectivity index (χ0n) is 10.8. The lowest BCUT2D eigenvalue weighted by Gasteiger charge is -2.02. The minimum atomic E-state index is 0.321. The monoisotopic (exact) mass is 261 g/mol. The summed E-state index contributed by atoms with van der Waals surface area (Å²) in [7, 11) is 1.58. The number of anilines is 1. The first-order chi connectivity index (χ1) is 9.19. The third-order valence-corrected chi connectivity index (χ3v) is 3.25. The van der Waals surface area contributed by atoms with Crippen LogP contribution in [0.2, 0.25) is 0 Å². The van der Waals surface area contributed by atoms with E-state index in [0.717, 1.165) is 6.42 Å². The largest absolute Gasteiger partial charge is 0.383 e. The molecule has 0 radical (unpaired) electrons. The predicted octanol–water partition coefficient (Wildman–Crippen LogP) is 1.38. The Hall–Kier alpha value is -2.02. The fourth-order valence-electron chi connectivity index (χ4n) is 1.97. The first kappa shape index (κ1) is 12.0. The second-order valence-corrected chi connectivity index (χ2v) is 4.79. The molecule has 1 aliphatic rings. The first-order valence-corrected chi connectivity index (χ1v) is 6.13. The Morgan fingerprint density at radius 2 is 2.26 bits per heavy atom. The number of aromatic nitrogens is 4. The number of nitrogens with zero attached hydrogens (tertiary/aromatic N) is 4. The summed E-state index contributed by atoms with van der Waals surface area (Å²) in [6, 6.07) is 0. The molecule has 2 heterocycles. The molecule has 2 N–H and O–H groups in total. The molecule has 2 aromatic heterocycles. The topological polar surface area (TPSA) is 100.0 Å². The Morgan fingerprint density at radius 1 is 1.47 bits per heavy atom. The molecular weight excluding hydrogens is 246 g/mol. The molecule has 0 saturated heterocycles. The van der Waals surface area contributed by atoms with Crippen molar-refractivity contribution in [3.05, 3.63) is 17.9 Å². The zero-order valence-corrected chi connectivity index (χ0v) is 10.8. The van der Waals surface area contributed by atoms with Gasteiger partial charge in [-0.25, -0.2) is 9.97 Å². The van der Waals surface area contributed by atoms with E-state index >= 15 is 0 Å². The third kappa shape index (κ3) is 2.28. The normalized spacial score (nSPS) is 21.6. The number of nitrogen functional groups attached to an aromatic ring is 1. The van der Waals surface area contributed by atoms with Crippen LogP contribution in [0.5, 0.6) is 0 Å². The molecule has 0 bridgehead atoms. The standard InChI is InChI=1S/C12H15N5O2/c1-6-3-7(6)12-16-11(17-19-12)8-4-14-9(5-18-2)15-10(8)13/h4,6-7H,3,5H2,1-2H3,(H2,13,14,15). The van der Waals surface area contributed by atoms with Gasteiger partial charge in [-0.15, -0.1) is 0 Å². The van der Waals surface area contributed by atoms with Crippen LogP contribution in [-0.2, 0) is 11.3 Å². The minimum absolute atomic E-state index is 0.321. The maximum atomic E-state index is 5.88. The maximum Gasteiger partial charge on any atom is 0.230 e. The molecule has 7 nitrogen and oxygen atoms in total. The summed E-state index contributed by atoms with van der Waals surface area (Å²) < 4.78 is 10.2. The van der Waals surface area contributed by atoms with Gasteiger partial charge in [-0.05, 0) is 12.3 Å². The van der Waals surface area contributed by atoms with Gasteiger partial charge in [0.15, 0.2) is 5.82 Å². The van der Waals surface area contributed by atoms with Gasteiger partial charge >= 0.3 is 0 Å². The molecule has 0 spiro atoms. The van der Waals surface area contributed by atoms with E-state index in [1.165, 1.54) is 0 Å². The Kier molecular flexibility index (Phi) is 2.90. The van der Waals surface area contributed by atoms with Gasteiger partial charge in [0.05, 0.1) is 5.56 Å². The molecule has 0 aliphatic heterocycles. The van der Waals surface area contributed by atoms with Crippen molar-refractivity contribution in [1.82, 2.24) is 20.1 Å². The Balaban J connectivity index is 1.87. The van der Waals surface area contributed by atoms with Crippen molar-refractivity contribution in [1.29, 1.82) is 0 Å². The van der Waals surface area contributed by atoms with Crippen molar-refractivity contribution >= 4 is 5.82 Å². The van der Waals surface area contributed by atoms with Gasteiger partial charge in [0.2, 0.25) is 11.7 Å². The smallest absolute Gasteiger partial charge is 0.230 e. The summed E-state index contributed by atoms with van der Waals surface area (Å²) in [5, 5.41) is 3.94. The van der Waals surface area contributed by atoms with E-state index in [0.29, 0.717) is 47.4 Å². The van der Waals surface area contributed by atoms with Gasteiger partial charge in [0, 0.05) is 19.2 Å². The fourth-order valence-corrected chi connectivity index (χ4v) is 1.97. The number of hydrogen-bond acceptors (Lipinski definition) is 7. The van der Waals surface area contributed by atoms with Gasteiger partial charge < -0.3 is 15.0 Å². The minimum Gasteiger partial charge on any atom is -0.383 e. The second kappa shape index (κ2) is 4.58. The van der Waals surface area contributed by atoms with Crippen molar-refractivity contribution in [2.75, 3.05) is 12.8 Å². The molecule has 0 amide bonds. The quantitative estimate of drug-likeness (QED) is 0.887. The fraction of sp³-hybridized carbons (Fsp3) is 0.500. The molecule has 7 heteroatoms. The highest BCUT2D eigenvalue weighted by atomic mass is 16.5. The Labute approximate surface area is 110 Å². The van der Waals surface area contributed by atoms with E-state index in [9.17, 15) is 0 Å². The van der Waals surface area contributed by atoms with E-state index in [1.807, 2.05) is 0 Å². The molecule has 1 aliphatic carbocycles. The van der Waals surface area contributed by atoms with E-state index in [4.69, 9.17) is 15.0 Å². The summed E-state index contributed by atoms with van der Waals surface area (Å²) in [5.74, 6) is 2.97. The average Bonchev–Trinajstić information content (AvgIpc) is 2.92. The van der Waals surface area contributed by atoms with Crippen LogP contribution in [0.25, 0.3) is 11.4 Å². The molecule has 19 heavy (non-hydrogen) atoms. The van der Waals surface area contributed by atoms with Crippen LogP contribution in [-0.4, -0.2) is 27.2 Å².